The van der Waals surface area contributed by atoms with Gasteiger partial charge in [-0.25, -0.2) is 0 Å². The van der Waals surface area contributed by atoms with Crippen LogP contribution in [0.3, 0.4) is 0 Å². The van der Waals surface area contributed by atoms with E-state index >= 15 is 0 Å². The smallest absolute Gasteiger partial charge is 0.224 e. The molecule has 2 saturated carbocycles. The van der Waals surface area contributed by atoms with E-state index in [0.29, 0.717) is 18.3 Å². The molecule has 1 aromatic carbocycles. The Morgan fingerprint density at radius 3 is 2.68 bits per heavy atom. The van der Waals surface area contributed by atoms with Crippen LogP contribution in [-0.2, 0) is 4.79 Å². The molecule has 0 radical (unpaired) electrons. The summed E-state index contributed by atoms with van der Waals surface area (Å²) in [7, 11) is 0. The Labute approximate surface area is 138 Å². The lowest BCUT2D eigenvalue weighted by atomic mass is 10.00. The van der Waals surface area contributed by atoms with E-state index in [2.05, 4.69) is 5.32 Å². The van der Waals surface area contributed by atoms with Gasteiger partial charge in [0.25, 0.3) is 0 Å². The molecular formula is C17H25ClN2O2. The quantitative estimate of drug-likeness (QED) is 0.843. The lowest BCUT2D eigenvalue weighted by Crippen LogP contribution is -2.28. The summed E-state index contributed by atoms with van der Waals surface area (Å²) in [6, 6.07) is 7.84. The Bertz CT molecular complexity index is 505. The number of rotatable bonds is 6. The predicted octanol–water partition coefficient (Wildman–Crippen LogP) is 3.35. The number of hydrogen-bond acceptors (Lipinski definition) is 3. The first-order chi connectivity index (χ1) is 10.2. The van der Waals surface area contributed by atoms with Crippen molar-refractivity contribution < 1.29 is 9.53 Å². The molecule has 3 N–H and O–H groups in total. The van der Waals surface area contributed by atoms with Crippen molar-refractivity contribution in [2.75, 3.05) is 11.9 Å². The third kappa shape index (κ3) is 4.62. The normalized spacial score (nSPS) is 23.7. The summed E-state index contributed by atoms with van der Waals surface area (Å²) in [5, 5.41) is 2.98. The lowest BCUT2D eigenvalue weighted by molar-refractivity contribution is -0.117. The van der Waals surface area contributed by atoms with Crippen LogP contribution in [-0.4, -0.2) is 18.6 Å². The standard InChI is InChI=1S/C17H24N2O2.ClH/c18-14-5-3-4-13(14)10-17(20)19-15-6-1-2-7-16(15)21-11-12-8-9-12;/h1-2,6-7,12-14H,3-5,8-11,18H2,(H,19,20);1H/t13-,14+;/m0./s1. The molecule has 0 aliphatic heterocycles. The fraction of sp³-hybridized carbons (Fsp3) is 0.588. The van der Waals surface area contributed by atoms with Gasteiger partial charge in [0.2, 0.25) is 5.91 Å². The fourth-order valence-electron chi connectivity index (χ4n) is 2.95. The largest absolute Gasteiger partial charge is 0.491 e. The summed E-state index contributed by atoms with van der Waals surface area (Å²) in [6.45, 7) is 0.750. The van der Waals surface area contributed by atoms with Crippen molar-refractivity contribution in [3.63, 3.8) is 0 Å². The number of carbonyl (C=O) groups is 1. The molecule has 1 amide bonds. The van der Waals surface area contributed by atoms with E-state index in [9.17, 15) is 4.79 Å². The van der Waals surface area contributed by atoms with Crippen LogP contribution in [0.5, 0.6) is 5.75 Å². The number of benzene rings is 1. The van der Waals surface area contributed by atoms with E-state index in [1.54, 1.807) is 0 Å². The zero-order valence-corrected chi connectivity index (χ0v) is 13.6. The lowest BCUT2D eigenvalue weighted by Gasteiger charge is -2.16. The summed E-state index contributed by atoms with van der Waals surface area (Å²) in [5.41, 5.74) is 6.81. The molecule has 3 rings (SSSR count). The summed E-state index contributed by atoms with van der Waals surface area (Å²) in [4.78, 5) is 12.2. The summed E-state index contributed by atoms with van der Waals surface area (Å²) >= 11 is 0. The van der Waals surface area contributed by atoms with Gasteiger partial charge in [-0.2, -0.15) is 0 Å². The van der Waals surface area contributed by atoms with E-state index in [1.807, 2.05) is 24.3 Å². The third-order valence-electron chi connectivity index (χ3n) is 4.50. The maximum Gasteiger partial charge on any atom is 0.224 e. The first-order valence-corrected chi connectivity index (χ1v) is 7.99. The highest BCUT2D eigenvalue weighted by Crippen LogP contribution is 2.32. The molecule has 4 nitrogen and oxygen atoms in total. The number of nitrogens with one attached hydrogen (secondary N) is 1. The van der Waals surface area contributed by atoms with Crippen LogP contribution in [0.2, 0.25) is 0 Å². The molecule has 22 heavy (non-hydrogen) atoms. The van der Waals surface area contributed by atoms with Gasteiger partial charge in [0.05, 0.1) is 12.3 Å². The second-order valence-corrected chi connectivity index (χ2v) is 6.36. The summed E-state index contributed by atoms with van der Waals surface area (Å²) < 4.78 is 5.81. The number of ether oxygens (including phenoxy) is 1. The van der Waals surface area contributed by atoms with E-state index in [4.69, 9.17) is 10.5 Å². The van der Waals surface area contributed by atoms with E-state index in [-0.39, 0.29) is 24.4 Å². The number of carbonyl (C=O) groups excluding carboxylic acids is 1. The average molecular weight is 325 g/mol. The molecule has 0 aromatic heterocycles. The zero-order chi connectivity index (χ0) is 14.7. The average Bonchev–Trinajstić information content (AvgIpc) is 3.22. The highest BCUT2D eigenvalue weighted by Gasteiger charge is 2.26. The molecule has 2 atom stereocenters. The summed E-state index contributed by atoms with van der Waals surface area (Å²) in [5.74, 6) is 1.84. The molecule has 0 heterocycles. The van der Waals surface area contributed by atoms with Crippen molar-refractivity contribution >= 4 is 24.0 Å². The molecule has 0 spiro atoms. The molecule has 2 fully saturated rings. The topological polar surface area (TPSA) is 64.4 Å². The van der Waals surface area contributed by atoms with Crippen LogP contribution in [0.1, 0.15) is 38.5 Å². The molecule has 1 aromatic rings. The number of amides is 1. The molecular weight excluding hydrogens is 300 g/mol. The Balaban J connectivity index is 0.00000176. The first kappa shape index (κ1) is 17.1. The van der Waals surface area contributed by atoms with Crippen LogP contribution in [0.25, 0.3) is 0 Å². The fourth-order valence-corrected chi connectivity index (χ4v) is 2.95. The minimum atomic E-state index is 0. The van der Waals surface area contributed by atoms with E-state index < -0.39 is 0 Å². The molecule has 5 heteroatoms. The van der Waals surface area contributed by atoms with Crippen molar-refractivity contribution in [2.45, 2.75) is 44.6 Å². The van der Waals surface area contributed by atoms with Gasteiger partial charge in [-0.15, -0.1) is 12.4 Å². The predicted molar refractivity (Wildman–Crippen MR) is 90.5 cm³/mol. The van der Waals surface area contributed by atoms with Gasteiger partial charge in [-0.05, 0) is 49.7 Å². The number of para-hydroxylation sites is 2. The van der Waals surface area contributed by atoms with Gasteiger partial charge >= 0.3 is 0 Å². The maximum absolute atomic E-state index is 12.2. The van der Waals surface area contributed by atoms with Crippen molar-refractivity contribution in [3.8, 4) is 5.75 Å². The van der Waals surface area contributed by atoms with Crippen molar-refractivity contribution in [1.82, 2.24) is 0 Å². The van der Waals surface area contributed by atoms with Crippen LogP contribution in [0, 0.1) is 11.8 Å². The van der Waals surface area contributed by atoms with Gasteiger partial charge in [-0.1, -0.05) is 18.6 Å². The second kappa shape index (κ2) is 7.84. The van der Waals surface area contributed by atoms with Gasteiger partial charge in [0, 0.05) is 12.5 Å². The Morgan fingerprint density at radius 2 is 2.00 bits per heavy atom. The molecule has 0 bridgehead atoms. The van der Waals surface area contributed by atoms with Gasteiger partial charge < -0.3 is 15.8 Å². The number of hydrogen-bond donors (Lipinski definition) is 2. The highest BCUT2D eigenvalue weighted by molar-refractivity contribution is 5.92. The third-order valence-corrected chi connectivity index (χ3v) is 4.50. The minimum Gasteiger partial charge on any atom is -0.491 e. The van der Waals surface area contributed by atoms with Crippen molar-refractivity contribution in [2.24, 2.45) is 17.6 Å². The number of anilines is 1. The Morgan fingerprint density at radius 1 is 1.23 bits per heavy atom. The monoisotopic (exact) mass is 324 g/mol. The second-order valence-electron chi connectivity index (χ2n) is 6.36. The van der Waals surface area contributed by atoms with Gasteiger partial charge in [-0.3, -0.25) is 4.79 Å². The zero-order valence-electron chi connectivity index (χ0n) is 12.8. The Kier molecular flexibility index (Phi) is 6.09. The highest BCUT2D eigenvalue weighted by atomic mass is 35.5. The molecule has 122 valence electrons. The molecule has 0 unspecified atom stereocenters. The van der Waals surface area contributed by atoms with Crippen molar-refractivity contribution in [1.29, 1.82) is 0 Å². The first-order valence-electron chi connectivity index (χ1n) is 7.99. The molecule has 2 aliphatic rings. The molecule has 0 saturated heterocycles. The van der Waals surface area contributed by atoms with Crippen LogP contribution in [0.15, 0.2) is 24.3 Å². The molecule has 2 aliphatic carbocycles. The number of halogens is 1. The van der Waals surface area contributed by atoms with Crippen LogP contribution in [0.4, 0.5) is 5.69 Å². The maximum atomic E-state index is 12.2. The summed E-state index contributed by atoms with van der Waals surface area (Å²) in [6.07, 6.45) is 6.27. The van der Waals surface area contributed by atoms with Gasteiger partial charge in [0.15, 0.2) is 0 Å². The van der Waals surface area contributed by atoms with Crippen LogP contribution < -0.4 is 15.8 Å². The minimum absolute atomic E-state index is 0. The van der Waals surface area contributed by atoms with E-state index in [1.165, 1.54) is 12.8 Å². The van der Waals surface area contributed by atoms with Gasteiger partial charge in [0.1, 0.15) is 5.75 Å². The van der Waals surface area contributed by atoms with Crippen molar-refractivity contribution in [3.05, 3.63) is 24.3 Å². The number of nitrogens with two attached hydrogens (primary N) is 1. The van der Waals surface area contributed by atoms with Crippen LogP contribution >= 0.6 is 12.4 Å². The SMILES string of the molecule is Cl.N[C@@H]1CCC[C@H]1CC(=O)Nc1ccccc1OCC1CC1. The Hall–Kier alpha value is -1.26. The van der Waals surface area contributed by atoms with E-state index in [0.717, 1.165) is 37.3 Å².